The van der Waals surface area contributed by atoms with E-state index in [1.807, 2.05) is 4.90 Å². The summed E-state index contributed by atoms with van der Waals surface area (Å²) in [7, 11) is 0. The predicted octanol–water partition coefficient (Wildman–Crippen LogP) is 1.90. The van der Waals surface area contributed by atoms with Gasteiger partial charge in [-0.3, -0.25) is 9.69 Å². The van der Waals surface area contributed by atoms with Crippen molar-refractivity contribution in [3.8, 4) is 0 Å². The topological polar surface area (TPSA) is 67.6 Å². The summed E-state index contributed by atoms with van der Waals surface area (Å²) in [5, 5.41) is 3.04. The van der Waals surface area contributed by atoms with Crippen LogP contribution >= 0.6 is 24.8 Å². The second-order valence-electron chi connectivity index (χ2n) is 6.26. The van der Waals surface area contributed by atoms with Crippen LogP contribution in [0.15, 0.2) is 24.3 Å². The van der Waals surface area contributed by atoms with Gasteiger partial charge in [-0.25, -0.2) is 4.39 Å². The second-order valence-corrected chi connectivity index (χ2v) is 6.26. The average molecular weight is 394 g/mol. The van der Waals surface area contributed by atoms with E-state index in [9.17, 15) is 9.18 Å². The molecule has 1 amide bonds. The Bertz CT molecular complexity index is 554. The van der Waals surface area contributed by atoms with Crippen LogP contribution < -0.4 is 11.1 Å². The summed E-state index contributed by atoms with van der Waals surface area (Å²) in [6.07, 6.45) is 2.20. The molecule has 2 fully saturated rings. The number of benzene rings is 1. The van der Waals surface area contributed by atoms with Crippen LogP contribution in [0.3, 0.4) is 0 Å². The van der Waals surface area contributed by atoms with Crippen molar-refractivity contribution in [2.24, 2.45) is 11.7 Å². The summed E-state index contributed by atoms with van der Waals surface area (Å²) >= 11 is 0. The van der Waals surface area contributed by atoms with E-state index >= 15 is 0 Å². The number of halogens is 3. The Morgan fingerprint density at radius 1 is 1.28 bits per heavy atom. The van der Waals surface area contributed by atoms with Crippen LogP contribution in [-0.2, 0) is 9.53 Å². The summed E-state index contributed by atoms with van der Waals surface area (Å²) in [6.45, 7) is 2.76. The van der Waals surface area contributed by atoms with Crippen molar-refractivity contribution in [1.82, 2.24) is 10.2 Å². The number of nitrogens with two attached hydrogens (primary N) is 1. The molecule has 25 heavy (non-hydrogen) atoms. The van der Waals surface area contributed by atoms with Gasteiger partial charge in [-0.1, -0.05) is 18.2 Å². The first-order valence-electron chi connectivity index (χ1n) is 8.27. The Kier molecular flexibility index (Phi) is 9.10. The number of ether oxygens (including phenoxy) is 1. The molecule has 0 bridgehead atoms. The van der Waals surface area contributed by atoms with Crippen molar-refractivity contribution in [3.05, 3.63) is 35.6 Å². The Labute approximate surface area is 160 Å². The van der Waals surface area contributed by atoms with E-state index in [4.69, 9.17) is 10.5 Å². The fourth-order valence-electron chi connectivity index (χ4n) is 3.17. The molecule has 2 aliphatic rings. The van der Waals surface area contributed by atoms with Crippen LogP contribution in [0.25, 0.3) is 0 Å². The predicted molar refractivity (Wildman–Crippen MR) is 99.7 cm³/mol. The highest BCUT2D eigenvalue weighted by Crippen LogP contribution is 2.33. The number of nitrogens with zero attached hydrogens (tertiary/aromatic N) is 1. The molecule has 5 nitrogen and oxygen atoms in total. The molecular weight excluding hydrogens is 368 g/mol. The minimum atomic E-state index is -0.632. The fraction of sp³-hybridized carbons (Fsp3) is 0.588. The monoisotopic (exact) mass is 393 g/mol. The summed E-state index contributed by atoms with van der Waals surface area (Å²) in [5.74, 6) is -0.0517. The van der Waals surface area contributed by atoms with Gasteiger partial charge in [0.1, 0.15) is 11.9 Å². The van der Waals surface area contributed by atoms with Crippen molar-refractivity contribution in [1.29, 1.82) is 0 Å². The molecule has 0 radical (unpaired) electrons. The Balaban J connectivity index is 0.00000156. The number of hydrogen-bond acceptors (Lipinski definition) is 4. The zero-order valence-corrected chi connectivity index (χ0v) is 15.7. The summed E-state index contributed by atoms with van der Waals surface area (Å²) < 4.78 is 19.6. The van der Waals surface area contributed by atoms with E-state index in [0.29, 0.717) is 44.3 Å². The van der Waals surface area contributed by atoms with Crippen LogP contribution in [0.1, 0.15) is 24.4 Å². The van der Waals surface area contributed by atoms with Crippen molar-refractivity contribution in [3.63, 3.8) is 0 Å². The zero-order chi connectivity index (χ0) is 16.2. The van der Waals surface area contributed by atoms with Crippen LogP contribution in [0.5, 0.6) is 0 Å². The van der Waals surface area contributed by atoms with Crippen LogP contribution in [0.2, 0.25) is 0 Å². The van der Waals surface area contributed by atoms with Crippen molar-refractivity contribution < 1.29 is 13.9 Å². The number of morpholine rings is 1. The van der Waals surface area contributed by atoms with Gasteiger partial charge in [-0.15, -0.1) is 24.8 Å². The lowest BCUT2D eigenvalue weighted by molar-refractivity contribution is -0.129. The fourth-order valence-corrected chi connectivity index (χ4v) is 3.17. The molecule has 3 rings (SSSR count). The zero-order valence-electron chi connectivity index (χ0n) is 14.0. The Hall–Kier alpha value is -0.920. The van der Waals surface area contributed by atoms with Gasteiger partial charge in [0, 0.05) is 31.2 Å². The molecule has 3 N–H and O–H groups in total. The first-order valence-corrected chi connectivity index (χ1v) is 8.27. The SMILES string of the molecule is Cl.Cl.NCC(NC(=O)C(c1ccccc1F)N1CCOCC1)C1CC1. The number of rotatable bonds is 6. The lowest BCUT2D eigenvalue weighted by Gasteiger charge is -2.34. The van der Waals surface area contributed by atoms with Gasteiger partial charge in [0.2, 0.25) is 5.91 Å². The summed E-state index contributed by atoms with van der Waals surface area (Å²) in [6, 6.07) is 5.84. The van der Waals surface area contributed by atoms with Gasteiger partial charge in [-0.2, -0.15) is 0 Å². The van der Waals surface area contributed by atoms with Crippen LogP contribution in [0.4, 0.5) is 4.39 Å². The van der Waals surface area contributed by atoms with Crippen molar-refractivity contribution in [2.75, 3.05) is 32.8 Å². The van der Waals surface area contributed by atoms with Gasteiger partial charge in [0.05, 0.1) is 13.2 Å². The van der Waals surface area contributed by atoms with Crippen LogP contribution in [0, 0.1) is 11.7 Å². The molecule has 1 aromatic rings. The molecule has 1 saturated carbocycles. The molecule has 1 aliphatic heterocycles. The Morgan fingerprint density at radius 2 is 1.92 bits per heavy atom. The van der Waals surface area contributed by atoms with Crippen LogP contribution in [-0.4, -0.2) is 49.7 Å². The minimum Gasteiger partial charge on any atom is -0.379 e. The highest BCUT2D eigenvalue weighted by molar-refractivity contribution is 5.85. The third kappa shape index (κ3) is 5.53. The van der Waals surface area contributed by atoms with E-state index in [1.54, 1.807) is 18.2 Å². The van der Waals surface area contributed by atoms with Gasteiger partial charge < -0.3 is 15.8 Å². The third-order valence-corrected chi connectivity index (χ3v) is 4.63. The van der Waals surface area contributed by atoms with Gasteiger partial charge in [0.15, 0.2) is 0 Å². The summed E-state index contributed by atoms with van der Waals surface area (Å²) in [4.78, 5) is 14.9. The molecule has 1 heterocycles. The maximum absolute atomic E-state index is 14.3. The lowest BCUT2D eigenvalue weighted by Crippen LogP contribution is -2.50. The molecule has 1 aromatic carbocycles. The van der Waals surface area contributed by atoms with Gasteiger partial charge in [-0.05, 0) is 24.8 Å². The molecule has 2 atom stereocenters. The number of hydrogen-bond donors (Lipinski definition) is 2. The van der Waals surface area contributed by atoms with Gasteiger partial charge in [0.25, 0.3) is 0 Å². The maximum atomic E-state index is 14.3. The third-order valence-electron chi connectivity index (χ3n) is 4.63. The Morgan fingerprint density at radius 3 is 2.48 bits per heavy atom. The molecular formula is C17H26Cl2FN3O2. The van der Waals surface area contributed by atoms with Gasteiger partial charge >= 0.3 is 0 Å². The molecule has 1 saturated heterocycles. The molecule has 8 heteroatoms. The smallest absolute Gasteiger partial charge is 0.242 e. The lowest BCUT2D eigenvalue weighted by atomic mass is 10.0. The molecule has 2 unspecified atom stereocenters. The van der Waals surface area contributed by atoms with Crippen molar-refractivity contribution >= 4 is 30.7 Å². The maximum Gasteiger partial charge on any atom is 0.242 e. The van der Waals surface area contributed by atoms with E-state index in [0.717, 1.165) is 12.8 Å². The first-order chi connectivity index (χ1) is 11.2. The molecule has 1 aliphatic carbocycles. The quantitative estimate of drug-likeness (QED) is 0.774. The highest BCUT2D eigenvalue weighted by atomic mass is 35.5. The first kappa shape index (κ1) is 22.1. The molecule has 0 spiro atoms. The standard InChI is InChI=1S/C17H24FN3O2.2ClH/c18-14-4-2-1-3-13(14)16(21-7-9-23-10-8-21)17(22)20-15(11-19)12-5-6-12;;/h1-4,12,15-16H,5-11,19H2,(H,20,22);2*1H. The van der Waals surface area contributed by atoms with Crippen molar-refractivity contribution in [2.45, 2.75) is 24.9 Å². The summed E-state index contributed by atoms with van der Waals surface area (Å²) in [5.41, 5.74) is 6.20. The number of carbonyl (C=O) groups excluding carboxylic acids is 1. The highest BCUT2D eigenvalue weighted by Gasteiger charge is 2.36. The van der Waals surface area contributed by atoms with E-state index in [1.165, 1.54) is 6.07 Å². The second kappa shape index (κ2) is 10.3. The number of nitrogens with one attached hydrogen (secondary N) is 1. The average Bonchev–Trinajstić information content (AvgIpc) is 3.40. The number of carbonyl (C=O) groups is 1. The minimum absolute atomic E-state index is 0. The number of amides is 1. The normalized spacial score (nSPS) is 19.9. The van der Waals surface area contributed by atoms with E-state index in [2.05, 4.69) is 5.32 Å². The van der Waals surface area contributed by atoms with E-state index < -0.39 is 6.04 Å². The molecule has 142 valence electrons. The molecule has 0 aromatic heterocycles. The largest absolute Gasteiger partial charge is 0.379 e. The van der Waals surface area contributed by atoms with E-state index in [-0.39, 0.29) is 42.6 Å².